The van der Waals surface area contributed by atoms with E-state index in [-0.39, 0.29) is 28.8 Å². The van der Waals surface area contributed by atoms with Crippen LogP contribution in [0.1, 0.15) is 25.5 Å². The van der Waals surface area contributed by atoms with Gasteiger partial charge in [-0.1, -0.05) is 30.7 Å². The van der Waals surface area contributed by atoms with Crippen LogP contribution in [-0.4, -0.2) is 38.8 Å². The van der Waals surface area contributed by atoms with Gasteiger partial charge in [0.2, 0.25) is 15.9 Å². The van der Waals surface area contributed by atoms with Crippen LogP contribution < -0.4 is 10.1 Å². The molecule has 0 unspecified atom stereocenters. The summed E-state index contributed by atoms with van der Waals surface area (Å²) in [7, 11) is -2.49. The molecular weight excluding hydrogens is 407 g/mol. The Labute approximate surface area is 169 Å². The van der Waals surface area contributed by atoms with Crippen LogP contribution in [0.3, 0.4) is 0 Å². The Kier molecular flexibility index (Phi) is 7.40. The molecule has 1 N–H and O–H groups in total. The molecule has 2 rings (SSSR count). The number of nitrogens with one attached hydrogen (secondary N) is 1. The van der Waals surface area contributed by atoms with Crippen molar-refractivity contribution in [3.63, 3.8) is 0 Å². The molecule has 0 spiro atoms. The highest BCUT2D eigenvalue weighted by atomic mass is 35.5. The molecule has 0 heterocycles. The van der Waals surface area contributed by atoms with E-state index >= 15 is 0 Å². The van der Waals surface area contributed by atoms with Crippen molar-refractivity contribution in [1.82, 2.24) is 9.62 Å². The van der Waals surface area contributed by atoms with E-state index in [1.807, 2.05) is 0 Å². The summed E-state index contributed by atoms with van der Waals surface area (Å²) in [5, 5.41) is 2.88. The number of likely N-dealkylation sites (N-methyl/N-ethyl adjacent to an activating group) is 1. The molecule has 1 amide bonds. The molecule has 2 aromatic rings. The summed E-state index contributed by atoms with van der Waals surface area (Å²) in [4.78, 5) is 12.3. The van der Waals surface area contributed by atoms with E-state index < -0.39 is 22.0 Å². The fourth-order valence-corrected chi connectivity index (χ4v) is 4.36. The molecule has 0 radical (unpaired) electrons. The number of methoxy groups -OCH3 is 1. The molecular formula is C19H22ClFN2O4S. The molecule has 152 valence electrons. The summed E-state index contributed by atoms with van der Waals surface area (Å²) in [5.41, 5.74) is 0.711. The molecule has 9 heteroatoms. The van der Waals surface area contributed by atoms with Gasteiger partial charge in [0.05, 0.1) is 29.6 Å². The highest BCUT2D eigenvalue weighted by Gasteiger charge is 2.26. The van der Waals surface area contributed by atoms with Crippen molar-refractivity contribution >= 4 is 27.5 Å². The maximum absolute atomic E-state index is 13.0. The van der Waals surface area contributed by atoms with Crippen molar-refractivity contribution in [3.05, 3.63) is 58.9 Å². The van der Waals surface area contributed by atoms with Crippen LogP contribution in [0.4, 0.5) is 4.39 Å². The van der Waals surface area contributed by atoms with Crippen LogP contribution in [0.5, 0.6) is 5.75 Å². The van der Waals surface area contributed by atoms with Crippen LogP contribution >= 0.6 is 11.6 Å². The van der Waals surface area contributed by atoms with Gasteiger partial charge in [-0.2, -0.15) is 4.31 Å². The summed E-state index contributed by atoms with van der Waals surface area (Å²) in [5.74, 6) is -0.486. The number of amides is 1. The quantitative estimate of drug-likeness (QED) is 0.699. The molecule has 0 aromatic heterocycles. The number of ether oxygens (including phenoxy) is 1. The Balaban J connectivity index is 2.12. The first kappa shape index (κ1) is 22.1. The van der Waals surface area contributed by atoms with E-state index in [2.05, 4.69) is 5.32 Å². The van der Waals surface area contributed by atoms with Crippen LogP contribution in [0.2, 0.25) is 5.02 Å². The molecule has 0 saturated heterocycles. The monoisotopic (exact) mass is 428 g/mol. The molecule has 0 aliphatic heterocycles. The summed E-state index contributed by atoms with van der Waals surface area (Å²) >= 11 is 6.02. The number of hydrogen-bond acceptors (Lipinski definition) is 4. The molecule has 1 atom stereocenters. The number of carbonyl (C=O) groups is 1. The van der Waals surface area contributed by atoms with E-state index in [1.54, 1.807) is 26.0 Å². The Hall–Kier alpha value is -2.16. The second kappa shape index (κ2) is 9.36. The smallest absolute Gasteiger partial charge is 0.243 e. The molecule has 0 fully saturated rings. The van der Waals surface area contributed by atoms with Gasteiger partial charge in [0, 0.05) is 6.54 Å². The normalized spacial score (nSPS) is 12.6. The molecule has 2 aromatic carbocycles. The first-order valence-electron chi connectivity index (χ1n) is 8.57. The van der Waals surface area contributed by atoms with E-state index in [1.165, 1.54) is 37.4 Å². The summed E-state index contributed by atoms with van der Waals surface area (Å²) < 4.78 is 44.8. The standard InChI is InChI=1S/C19H22ClFN2O4S/c1-4-23(28(25,26)16-9-10-18(27-3)17(20)11-16)12-19(24)22-13(2)14-5-7-15(21)8-6-14/h5-11,13H,4,12H2,1-3H3,(H,22,24)/t13-/m1/s1. The minimum atomic E-state index is -3.92. The van der Waals surface area contributed by atoms with E-state index in [4.69, 9.17) is 16.3 Å². The van der Waals surface area contributed by atoms with Crippen LogP contribution in [0.25, 0.3) is 0 Å². The molecule has 6 nitrogen and oxygen atoms in total. The summed E-state index contributed by atoms with van der Waals surface area (Å²) in [6, 6.07) is 9.45. The predicted octanol–water partition coefficient (Wildman–Crippen LogP) is 3.38. The Morgan fingerprint density at radius 3 is 2.43 bits per heavy atom. The summed E-state index contributed by atoms with van der Waals surface area (Å²) in [6.07, 6.45) is 0. The number of hydrogen-bond donors (Lipinski definition) is 1. The molecule has 0 saturated carbocycles. The second-order valence-electron chi connectivity index (χ2n) is 6.07. The van der Waals surface area contributed by atoms with Crippen LogP contribution in [0.15, 0.2) is 47.4 Å². The van der Waals surface area contributed by atoms with Gasteiger partial charge in [0.25, 0.3) is 0 Å². The number of nitrogens with zero attached hydrogens (tertiary/aromatic N) is 1. The van der Waals surface area contributed by atoms with E-state index in [9.17, 15) is 17.6 Å². The van der Waals surface area contributed by atoms with Gasteiger partial charge >= 0.3 is 0 Å². The lowest BCUT2D eigenvalue weighted by molar-refractivity contribution is -0.121. The Morgan fingerprint density at radius 1 is 1.25 bits per heavy atom. The highest BCUT2D eigenvalue weighted by Crippen LogP contribution is 2.28. The number of carbonyl (C=O) groups excluding carboxylic acids is 1. The predicted molar refractivity (Wildman–Crippen MR) is 105 cm³/mol. The van der Waals surface area contributed by atoms with Crippen molar-refractivity contribution in [2.75, 3.05) is 20.2 Å². The number of rotatable bonds is 8. The maximum atomic E-state index is 13.0. The van der Waals surface area contributed by atoms with Gasteiger partial charge in [0.1, 0.15) is 11.6 Å². The first-order chi connectivity index (χ1) is 13.2. The van der Waals surface area contributed by atoms with Gasteiger partial charge < -0.3 is 10.1 Å². The molecule has 28 heavy (non-hydrogen) atoms. The third kappa shape index (κ3) is 5.21. The largest absolute Gasteiger partial charge is 0.495 e. The fourth-order valence-electron chi connectivity index (χ4n) is 2.61. The zero-order valence-corrected chi connectivity index (χ0v) is 17.3. The van der Waals surface area contributed by atoms with Gasteiger partial charge in [-0.15, -0.1) is 0 Å². The molecule has 0 aliphatic rings. The minimum absolute atomic E-state index is 0.0282. The van der Waals surface area contributed by atoms with E-state index in [0.717, 1.165) is 4.31 Å². The molecule has 0 aliphatic carbocycles. The van der Waals surface area contributed by atoms with Gasteiger partial charge in [0.15, 0.2) is 0 Å². The minimum Gasteiger partial charge on any atom is -0.495 e. The third-order valence-corrected chi connectivity index (χ3v) is 6.39. The number of benzene rings is 2. The lowest BCUT2D eigenvalue weighted by Gasteiger charge is -2.22. The Morgan fingerprint density at radius 2 is 1.89 bits per heavy atom. The average molecular weight is 429 g/mol. The third-order valence-electron chi connectivity index (χ3n) is 4.18. The summed E-state index contributed by atoms with van der Waals surface area (Å²) in [6.45, 7) is 3.12. The number of halogens is 2. The zero-order chi connectivity index (χ0) is 20.9. The number of sulfonamides is 1. The van der Waals surface area contributed by atoms with Gasteiger partial charge in [-0.05, 0) is 42.8 Å². The zero-order valence-electron chi connectivity index (χ0n) is 15.8. The highest BCUT2D eigenvalue weighted by molar-refractivity contribution is 7.89. The van der Waals surface area contributed by atoms with Gasteiger partial charge in [-0.3, -0.25) is 4.79 Å². The van der Waals surface area contributed by atoms with Crippen molar-refractivity contribution in [2.24, 2.45) is 0 Å². The SMILES string of the molecule is CCN(CC(=O)N[C@H](C)c1ccc(F)cc1)S(=O)(=O)c1ccc(OC)c(Cl)c1. The van der Waals surface area contributed by atoms with Crippen molar-refractivity contribution < 1.29 is 22.3 Å². The second-order valence-corrected chi connectivity index (χ2v) is 8.41. The lowest BCUT2D eigenvalue weighted by atomic mass is 10.1. The lowest BCUT2D eigenvalue weighted by Crippen LogP contribution is -2.41. The maximum Gasteiger partial charge on any atom is 0.243 e. The molecule has 0 bridgehead atoms. The Bertz CT molecular complexity index is 935. The fraction of sp³-hybridized carbons (Fsp3) is 0.316. The topological polar surface area (TPSA) is 75.7 Å². The average Bonchev–Trinajstić information content (AvgIpc) is 2.66. The van der Waals surface area contributed by atoms with E-state index in [0.29, 0.717) is 11.3 Å². The van der Waals surface area contributed by atoms with Crippen molar-refractivity contribution in [3.8, 4) is 5.75 Å². The van der Waals surface area contributed by atoms with Crippen molar-refractivity contribution in [2.45, 2.75) is 24.8 Å². The van der Waals surface area contributed by atoms with Crippen LogP contribution in [0, 0.1) is 5.82 Å². The van der Waals surface area contributed by atoms with Gasteiger partial charge in [-0.25, -0.2) is 12.8 Å². The first-order valence-corrected chi connectivity index (χ1v) is 10.4. The van der Waals surface area contributed by atoms with Crippen LogP contribution in [-0.2, 0) is 14.8 Å². The van der Waals surface area contributed by atoms with Crippen molar-refractivity contribution in [1.29, 1.82) is 0 Å².